The highest BCUT2D eigenvalue weighted by Crippen LogP contribution is 2.22. The van der Waals surface area contributed by atoms with Crippen molar-refractivity contribution in [2.24, 2.45) is 10.9 Å². The fourth-order valence-corrected chi connectivity index (χ4v) is 5.68. The van der Waals surface area contributed by atoms with Gasteiger partial charge in [-0.3, -0.25) is 4.99 Å². The Kier molecular flexibility index (Phi) is 18.1. The zero-order valence-electron chi connectivity index (χ0n) is 32.6. The minimum absolute atomic E-state index is 0.326. The number of hydrogen-bond acceptors (Lipinski definition) is 7. The molecule has 4 aromatic rings. The summed E-state index contributed by atoms with van der Waals surface area (Å²) in [4.78, 5) is 30.0. The number of esters is 2. The van der Waals surface area contributed by atoms with Crippen LogP contribution < -0.4 is 18.9 Å². The van der Waals surface area contributed by atoms with Gasteiger partial charge in [-0.1, -0.05) is 70.4 Å². The standard InChI is InChI=1S/C47H57NO6/c1-5-6-7-8-9-10-11-12-33-51-43-26-18-39(19-27-43)46(49)53-44-28-20-40(21-29-44)47(50)54-45-30-22-41(23-31-45)48-35-38-16-24-42(25-17-38)52-34-32-37(4)15-13-14-36(2)3/h14,16-31,35,37H,5-13,15,32-34H2,1-4H3. The molecule has 0 aliphatic heterocycles. The topological polar surface area (TPSA) is 83.4 Å². The third kappa shape index (κ3) is 15.8. The lowest BCUT2D eigenvalue weighted by Gasteiger charge is -2.11. The van der Waals surface area contributed by atoms with Crippen molar-refractivity contribution in [1.82, 2.24) is 0 Å². The third-order valence-electron chi connectivity index (χ3n) is 9.04. The van der Waals surface area contributed by atoms with Crippen molar-refractivity contribution >= 4 is 23.8 Å². The average Bonchev–Trinajstić information content (AvgIpc) is 3.18. The molecule has 0 saturated carbocycles. The van der Waals surface area contributed by atoms with E-state index < -0.39 is 11.9 Å². The number of hydrogen-bond donors (Lipinski definition) is 0. The van der Waals surface area contributed by atoms with Crippen LogP contribution in [0.2, 0.25) is 0 Å². The van der Waals surface area contributed by atoms with Crippen molar-refractivity contribution in [3.63, 3.8) is 0 Å². The molecule has 0 aliphatic carbocycles. The monoisotopic (exact) mass is 731 g/mol. The number of allylic oxidation sites excluding steroid dienone is 2. The first-order valence-electron chi connectivity index (χ1n) is 19.6. The van der Waals surface area contributed by atoms with E-state index in [1.54, 1.807) is 79.0 Å². The van der Waals surface area contributed by atoms with Crippen LogP contribution in [-0.4, -0.2) is 31.4 Å². The summed E-state index contributed by atoms with van der Waals surface area (Å²) >= 11 is 0. The smallest absolute Gasteiger partial charge is 0.343 e. The van der Waals surface area contributed by atoms with Gasteiger partial charge in [0.05, 0.1) is 30.0 Å². The predicted octanol–water partition coefficient (Wildman–Crippen LogP) is 12.5. The van der Waals surface area contributed by atoms with Crippen molar-refractivity contribution in [3.05, 3.63) is 125 Å². The Labute approximate surface area is 322 Å². The quantitative estimate of drug-likeness (QED) is 0.0248. The van der Waals surface area contributed by atoms with Gasteiger partial charge in [-0.05, 0) is 148 Å². The van der Waals surface area contributed by atoms with Gasteiger partial charge in [0.2, 0.25) is 0 Å². The first-order chi connectivity index (χ1) is 26.3. The van der Waals surface area contributed by atoms with E-state index in [1.165, 1.54) is 56.9 Å². The Morgan fingerprint density at radius 3 is 1.63 bits per heavy atom. The molecule has 0 N–H and O–H groups in total. The zero-order chi connectivity index (χ0) is 38.4. The van der Waals surface area contributed by atoms with Gasteiger partial charge in [0, 0.05) is 6.21 Å². The van der Waals surface area contributed by atoms with Crippen molar-refractivity contribution in [3.8, 4) is 23.0 Å². The van der Waals surface area contributed by atoms with Crippen LogP contribution in [0, 0.1) is 5.92 Å². The van der Waals surface area contributed by atoms with E-state index in [0.29, 0.717) is 41.8 Å². The molecular formula is C47H57NO6. The van der Waals surface area contributed by atoms with Gasteiger partial charge in [0.15, 0.2) is 0 Å². The molecule has 0 aliphatic rings. The summed E-state index contributed by atoms with van der Waals surface area (Å²) in [6, 6.07) is 28.1. The van der Waals surface area contributed by atoms with Crippen molar-refractivity contribution < 1.29 is 28.5 Å². The molecule has 286 valence electrons. The predicted molar refractivity (Wildman–Crippen MR) is 219 cm³/mol. The number of ether oxygens (including phenoxy) is 4. The minimum atomic E-state index is -0.521. The minimum Gasteiger partial charge on any atom is -0.494 e. The molecule has 0 radical (unpaired) electrons. The molecule has 0 amide bonds. The van der Waals surface area contributed by atoms with Gasteiger partial charge in [0.25, 0.3) is 0 Å². The summed E-state index contributed by atoms with van der Waals surface area (Å²) < 4.78 is 22.8. The van der Waals surface area contributed by atoms with Gasteiger partial charge in [-0.25, -0.2) is 9.59 Å². The molecule has 4 rings (SSSR count). The average molecular weight is 732 g/mol. The Balaban J connectivity index is 1.15. The number of aliphatic imine (C=N–C) groups is 1. The summed E-state index contributed by atoms with van der Waals surface area (Å²) in [6.45, 7) is 10.2. The number of unbranched alkanes of at least 4 members (excludes halogenated alkanes) is 7. The largest absolute Gasteiger partial charge is 0.494 e. The Morgan fingerprint density at radius 1 is 0.593 bits per heavy atom. The SMILES string of the molecule is CCCCCCCCCCOc1ccc(C(=O)Oc2ccc(C(=O)Oc3ccc(N=Cc4ccc(OCCC(C)CCC=C(C)C)cc4)cc3)cc2)cc1. The molecule has 1 unspecified atom stereocenters. The van der Waals surface area contributed by atoms with Gasteiger partial charge in [0.1, 0.15) is 23.0 Å². The highest BCUT2D eigenvalue weighted by Gasteiger charge is 2.12. The van der Waals surface area contributed by atoms with Crippen LogP contribution in [0.1, 0.15) is 125 Å². The van der Waals surface area contributed by atoms with E-state index in [-0.39, 0.29) is 0 Å². The highest BCUT2D eigenvalue weighted by atomic mass is 16.5. The maximum atomic E-state index is 12.8. The van der Waals surface area contributed by atoms with Gasteiger partial charge in [-0.2, -0.15) is 0 Å². The molecule has 0 bridgehead atoms. The van der Waals surface area contributed by atoms with Crippen LogP contribution in [0.5, 0.6) is 23.0 Å². The first kappa shape index (κ1) is 41.6. The second kappa shape index (κ2) is 23.5. The lowest BCUT2D eigenvalue weighted by Crippen LogP contribution is -2.10. The highest BCUT2D eigenvalue weighted by molar-refractivity contribution is 5.92. The summed E-state index contributed by atoms with van der Waals surface area (Å²) in [5.74, 6) is 1.91. The van der Waals surface area contributed by atoms with E-state index in [2.05, 4.69) is 38.8 Å². The number of nitrogens with zero attached hydrogens (tertiary/aromatic N) is 1. The number of benzene rings is 4. The zero-order valence-corrected chi connectivity index (χ0v) is 32.6. The summed E-state index contributed by atoms with van der Waals surface area (Å²) in [5, 5.41) is 0. The third-order valence-corrected chi connectivity index (χ3v) is 9.04. The number of carbonyl (C=O) groups is 2. The van der Waals surface area contributed by atoms with Crippen LogP contribution in [0.15, 0.2) is 114 Å². The van der Waals surface area contributed by atoms with Crippen molar-refractivity contribution in [2.45, 2.75) is 98.3 Å². The molecular weight excluding hydrogens is 675 g/mol. The molecule has 7 nitrogen and oxygen atoms in total. The Hall–Kier alpha value is -5.17. The Bertz CT molecular complexity index is 1740. The summed E-state index contributed by atoms with van der Waals surface area (Å²) in [6.07, 6.45) is 17.4. The van der Waals surface area contributed by atoms with Crippen LogP contribution >= 0.6 is 0 Å². The van der Waals surface area contributed by atoms with E-state index in [4.69, 9.17) is 18.9 Å². The van der Waals surface area contributed by atoms with Gasteiger partial charge in [-0.15, -0.1) is 0 Å². The normalized spacial score (nSPS) is 11.6. The Morgan fingerprint density at radius 2 is 1.07 bits per heavy atom. The molecule has 7 heteroatoms. The van der Waals surface area contributed by atoms with E-state index >= 15 is 0 Å². The van der Waals surface area contributed by atoms with E-state index in [0.717, 1.165) is 42.0 Å². The van der Waals surface area contributed by atoms with Crippen LogP contribution in [0.25, 0.3) is 0 Å². The number of carbonyl (C=O) groups excluding carboxylic acids is 2. The van der Waals surface area contributed by atoms with Crippen molar-refractivity contribution in [2.75, 3.05) is 13.2 Å². The molecule has 0 spiro atoms. The number of rotatable bonds is 23. The van der Waals surface area contributed by atoms with Crippen LogP contribution in [0.4, 0.5) is 5.69 Å². The van der Waals surface area contributed by atoms with Crippen LogP contribution in [-0.2, 0) is 0 Å². The molecule has 54 heavy (non-hydrogen) atoms. The second-order valence-electron chi connectivity index (χ2n) is 14.1. The summed E-state index contributed by atoms with van der Waals surface area (Å²) in [5.41, 5.74) is 3.79. The van der Waals surface area contributed by atoms with Crippen molar-refractivity contribution in [1.29, 1.82) is 0 Å². The molecule has 0 aromatic heterocycles. The molecule has 0 saturated heterocycles. The van der Waals surface area contributed by atoms with Gasteiger partial charge >= 0.3 is 11.9 Å². The molecule has 1 atom stereocenters. The van der Waals surface area contributed by atoms with E-state index in [1.807, 2.05) is 24.3 Å². The maximum Gasteiger partial charge on any atom is 0.343 e. The van der Waals surface area contributed by atoms with E-state index in [9.17, 15) is 9.59 Å². The van der Waals surface area contributed by atoms with Gasteiger partial charge < -0.3 is 18.9 Å². The second-order valence-corrected chi connectivity index (χ2v) is 14.1. The first-order valence-corrected chi connectivity index (χ1v) is 19.6. The van der Waals surface area contributed by atoms with Crippen LogP contribution in [0.3, 0.4) is 0 Å². The maximum absolute atomic E-state index is 12.8. The molecule has 4 aromatic carbocycles. The molecule has 0 fully saturated rings. The fraction of sp³-hybridized carbons (Fsp3) is 0.383. The fourth-order valence-electron chi connectivity index (χ4n) is 5.68. The summed E-state index contributed by atoms with van der Waals surface area (Å²) in [7, 11) is 0. The molecule has 0 heterocycles. The lowest BCUT2D eigenvalue weighted by atomic mass is 10.0. The lowest BCUT2D eigenvalue weighted by molar-refractivity contribution is 0.0730.